The van der Waals surface area contributed by atoms with Gasteiger partial charge in [-0.15, -0.1) is 0 Å². The summed E-state index contributed by atoms with van der Waals surface area (Å²) < 4.78 is 16.3. The predicted molar refractivity (Wildman–Crippen MR) is 154 cm³/mol. The molecule has 0 bridgehead atoms. The molecule has 2 aromatic rings. The molecule has 2 aromatic carbocycles. The van der Waals surface area contributed by atoms with E-state index < -0.39 is 24.1 Å². The summed E-state index contributed by atoms with van der Waals surface area (Å²) in [5.74, 6) is -0.544. The second-order valence-corrected chi connectivity index (χ2v) is 10.7. The average Bonchev–Trinajstić information content (AvgIpc) is 3.29. The Bertz CT molecular complexity index is 1300. The Balaban J connectivity index is 1.74. The van der Waals surface area contributed by atoms with Crippen LogP contribution < -0.4 is 19.7 Å². The predicted octanol–water partition coefficient (Wildman–Crippen LogP) is 2.39. The SMILES string of the molecule is CCOC(=O)CC1[C@@H]2[C@@H](NC(=O)C(C)C)c3cc(OCCCO)ccc3N2C(=O)CN1C(=O)Cc1ccc(OC)cc1. The Labute approximate surface area is 245 Å². The topological polar surface area (TPSA) is 135 Å². The summed E-state index contributed by atoms with van der Waals surface area (Å²) in [6.45, 7) is 5.46. The zero-order chi connectivity index (χ0) is 30.4. The van der Waals surface area contributed by atoms with E-state index >= 15 is 0 Å². The van der Waals surface area contributed by atoms with Crippen LogP contribution in [0.1, 0.15) is 50.8 Å². The number of rotatable bonds is 12. The first kappa shape index (κ1) is 30.8. The fourth-order valence-electron chi connectivity index (χ4n) is 5.45. The van der Waals surface area contributed by atoms with Crippen molar-refractivity contribution >= 4 is 29.4 Å². The number of amides is 3. The smallest absolute Gasteiger partial charge is 0.307 e. The van der Waals surface area contributed by atoms with Crippen LogP contribution in [0, 0.1) is 5.92 Å². The van der Waals surface area contributed by atoms with Gasteiger partial charge in [-0.1, -0.05) is 26.0 Å². The van der Waals surface area contributed by atoms with E-state index in [1.807, 2.05) is 0 Å². The fourth-order valence-corrected chi connectivity index (χ4v) is 5.45. The number of piperazine rings is 1. The summed E-state index contributed by atoms with van der Waals surface area (Å²) >= 11 is 0. The van der Waals surface area contributed by atoms with Crippen molar-refractivity contribution in [2.24, 2.45) is 5.92 Å². The minimum absolute atomic E-state index is 0.0156. The van der Waals surface area contributed by atoms with Gasteiger partial charge in [0, 0.05) is 30.2 Å². The van der Waals surface area contributed by atoms with E-state index in [9.17, 15) is 19.2 Å². The first-order valence-corrected chi connectivity index (χ1v) is 14.3. The minimum Gasteiger partial charge on any atom is -0.497 e. The number of ether oxygens (including phenoxy) is 3. The summed E-state index contributed by atoms with van der Waals surface area (Å²) in [5, 5.41) is 12.2. The van der Waals surface area contributed by atoms with Crippen LogP contribution in [0.4, 0.5) is 5.69 Å². The number of methoxy groups -OCH3 is 1. The number of nitrogens with one attached hydrogen (secondary N) is 1. The Morgan fingerprint density at radius 2 is 1.81 bits per heavy atom. The second kappa shape index (κ2) is 13.7. The standard InChI is InChI=1S/C31H39N3O8/c1-5-41-28(38)17-25-30-29(32-31(39)19(2)3)23-16-22(42-14-6-13-35)11-12-24(23)34(30)27(37)18-33(25)26(36)15-20-7-9-21(40-4)10-8-20/h7-12,16,19,25,29-30,35H,5-6,13-15,17-18H2,1-4H3,(H,32,39)/t25?,29-,30+/m0/s1. The van der Waals surface area contributed by atoms with E-state index in [-0.39, 0.29) is 56.2 Å². The summed E-state index contributed by atoms with van der Waals surface area (Å²) in [7, 11) is 1.56. The molecule has 0 aromatic heterocycles. The van der Waals surface area contributed by atoms with Crippen LogP contribution in [0.25, 0.3) is 0 Å². The molecule has 1 fully saturated rings. The van der Waals surface area contributed by atoms with E-state index in [2.05, 4.69) is 5.32 Å². The summed E-state index contributed by atoms with van der Waals surface area (Å²) in [5.41, 5.74) is 1.97. The quantitative estimate of drug-likeness (QED) is 0.288. The van der Waals surface area contributed by atoms with Crippen LogP contribution in [0.15, 0.2) is 42.5 Å². The van der Waals surface area contributed by atoms with E-state index in [0.29, 0.717) is 35.8 Å². The maximum absolute atomic E-state index is 13.8. The van der Waals surface area contributed by atoms with Crippen LogP contribution in [0.5, 0.6) is 11.5 Å². The number of fused-ring (bicyclic) bond motifs is 3. The van der Waals surface area contributed by atoms with Gasteiger partial charge >= 0.3 is 5.97 Å². The molecule has 0 saturated carbocycles. The third kappa shape index (κ3) is 6.67. The van der Waals surface area contributed by atoms with Gasteiger partial charge in [-0.3, -0.25) is 19.2 Å². The van der Waals surface area contributed by atoms with E-state index in [1.165, 1.54) is 4.90 Å². The minimum atomic E-state index is -0.767. The Hall–Kier alpha value is -4.12. The highest BCUT2D eigenvalue weighted by atomic mass is 16.5. The molecule has 3 amide bonds. The Morgan fingerprint density at radius 3 is 2.45 bits per heavy atom. The molecule has 11 nitrogen and oxygen atoms in total. The second-order valence-electron chi connectivity index (χ2n) is 10.7. The van der Waals surface area contributed by atoms with Crippen LogP contribution in [0.2, 0.25) is 0 Å². The lowest BCUT2D eigenvalue weighted by Gasteiger charge is -2.45. The van der Waals surface area contributed by atoms with Crippen molar-refractivity contribution in [1.29, 1.82) is 0 Å². The van der Waals surface area contributed by atoms with Crippen molar-refractivity contribution in [3.63, 3.8) is 0 Å². The molecule has 226 valence electrons. The lowest BCUT2D eigenvalue weighted by atomic mass is 9.91. The van der Waals surface area contributed by atoms with E-state index in [0.717, 1.165) is 5.56 Å². The number of hydrogen-bond donors (Lipinski definition) is 2. The first-order valence-electron chi connectivity index (χ1n) is 14.3. The first-order chi connectivity index (χ1) is 20.2. The highest BCUT2D eigenvalue weighted by Gasteiger charge is 2.53. The van der Waals surface area contributed by atoms with Gasteiger partial charge in [-0.2, -0.15) is 0 Å². The number of esters is 1. The van der Waals surface area contributed by atoms with Crippen molar-refractivity contribution in [3.05, 3.63) is 53.6 Å². The molecule has 2 N–H and O–H groups in total. The van der Waals surface area contributed by atoms with Gasteiger partial charge in [-0.05, 0) is 42.8 Å². The number of aliphatic hydroxyl groups excluding tert-OH is 1. The van der Waals surface area contributed by atoms with Crippen molar-refractivity contribution in [1.82, 2.24) is 10.2 Å². The maximum Gasteiger partial charge on any atom is 0.307 e. The summed E-state index contributed by atoms with van der Waals surface area (Å²) in [6.07, 6.45) is 0.311. The monoisotopic (exact) mass is 581 g/mol. The van der Waals surface area contributed by atoms with Crippen molar-refractivity contribution in [2.45, 2.75) is 58.2 Å². The van der Waals surface area contributed by atoms with Gasteiger partial charge in [0.15, 0.2) is 0 Å². The van der Waals surface area contributed by atoms with Crippen LogP contribution in [0.3, 0.4) is 0 Å². The molecular formula is C31H39N3O8. The number of aliphatic hydroxyl groups is 1. The molecule has 4 rings (SSSR count). The van der Waals surface area contributed by atoms with Crippen molar-refractivity contribution in [2.75, 3.05) is 38.4 Å². The zero-order valence-corrected chi connectivity index (χ0v) is 24.5. The lowest BCUT2D eigenvalue weighted by molar-refractivity contribution is -0.149. The number of benzene rings is 2. The lowest BCUT2D eigenvalue weighted by Crippen LogP contribution is -2.65. The summed E-state index contributed by atoms with van der Waals surface area (Å²) in [4.78, 5) is 56.5. The molecule has 1 unspecified atom stereocenters. The molecule has 0 radical (unpaired) electrons. The molecule has 3 atom stereocenters. The molecule has 42 heavy (non-hydrogen) atoms. The molecular weight excluding hydrogens is 542 g/mol. The largest absolute Gasteiger partial charge is 0.497 e. The average molecular weight is 582 g/mol. The van der Waals surface area contributed by atoms with E-state index in [4.69, 9.17) is 19.3 Å². The Morgan fingerprint density at radius 1 is 1.10 bits per heavy atom. The number of hydrogen-bond acceptors (Lipinski definition) is 8. The van der Waals surface area contributed by atoms with Crippen LogP contribution in [-0.2, 0) is 30.3 Å². The van der Waals surface area contributed by atoms with Crippen LogP contribution >= 0.6 is 0 Å². The normalized spacial score (nSPS) is 19.3. The van der Waals surface area contributed by atoms with Gasteiger partial charge in [0.05, 0.1) is 51.3 Å². The molecule has 2 aliphatic rings. The van der Waals surface area contributed by atoms with Crippen molar-refractivity contribution < 1.29 is 38.5 Å². The number of carbonyl (C=O) groups is 4. The third-order valence-corrected chi connectivity index (χ3v) is 7.51. The van der Waals surface area contributed by atoms with Gasteiger partial charge in [0.1, 0.15) is 18.0 Å². The summed E-state index contributed by atoms with van der Waals surface area (Å²) in [6, 6.07) is 10.1. The fraction of sp³-hybridized carbons (Fsp3) is 0.484. The number of anilines is 1. The van der Waals surface area contributed by atoms with Gasteiger partial charge in [0.25, 0.3) is 0 Å². The number of carbonyl (C=O) groups excluding carboxylic acids is 4. The highest BCUT2D eigenvalue weighted by molar-refractivity contribution is 6.02. The molecule has 11 heteroatoms. The molecule has 0 aliphatic carbocycles. The van der Waals surface area contributed by atoms with Gasteiger partial charge in [0.2, 0.25) is 17.7 Å². The van der Waals surface area contributed by atoms with Gasteiger partial charge < -0.3 is 34.4 Å². The molecule has 1 saturated heterocycles. The molecule has 0 spiro atoms. The van der Waals surface area contributed by atoms with Crippen molar-refractivity contribution in [3.8, 4) is 11.5 Å². The van der Waals surface area contributed by atoms with E-state index in [1.54, 1.807) is 75.2 Å². The third-order valence-electron chi connectivity index (χ3n) is 7.51. The molecule has 2 aliphatic heterocycles. The van der Waals surface area contributed by atoms with Gasteiger partial charge in [-0.25, -0.2) is 0 Å². The zero-order valence-electron chi connectivity index (χ0n) is 24.5. The number of nitrogens with zero attached hydrogens (tertiary/aromatic N) is 2. The Kier molecular flexibility index (Phi) is 10.1. The van der Waals surface area contributed by atoms with Crippen LogP contribution in [-0.4, -0.2) is 79.3 Å². The highest BCUT2D eigenvalue weighted by Crippen LogP contribution is 2.46. The molecule has 2 heterocycles. The maximum atomic E-state index is 13.8.